The summed E-state index contributed by atoms with van der Waals surface area (Å²) in [6.45, 7) is 1.76. The number of fused-ring (bicyclic) bond motifs is 1. The Hall–Kier alpha value is -1.76. The van der Waals surface area contributed by atoms with Crippen molar-refractivity contribution in [1.82, 2.24) is 14.3 Å². The Morgan fingerprint density at radius 2 is 2.08 bits per heavy atom. The van der Waals surface area contributed by atoms with Crippen molar-refractivity contribution in [2.75, 3.05) is 18.5 Å². The van der Waals surface area contributed by atoms with Gasteiger partial charge < -0.3 is 9.88 Å². The predicted octanol–water partition coefficient (Wildman–Crippen LogP) is 4.74. The van der Waals surface area contributed by atoms with E-state index in [1.165, 1.54) is 16.1 Å². The third-order valence-electron chi connectivity index (χ3n) is 4.67. The number of hydrogen-bond donors (Lipinski definition) is 1. The molecule has 1 aliphatic rings. The molecule has 0 bridgehead atoms. The van der Waals surface area contributed by atoms with Crippen LogP contribution in [-0.2, 0) is 13.0 Å². The summed E-state index contributed by atoms with van der Waals surface area (Å²) in [6.07, 6.45) is 4.75. The molecule has 1 atom stereocenters. The molecule has 4 rings (SSSR count). The Morgan fingerprint density at radius 1 is 1.23 bits per heavy atom. The molecule has 0 radical (unpaired) electrons. The highest BCUT2D eigenvalue weighted by molar-refractivity contribution is 9.10. The van der Waals surface area contributed by atoms with Crippen molar-refractivity contribution in [2.24, 2.45) is 0 Å². The summed E-state index contributed by atoms with van der Waals surface area (Å²) < 4.78 is 3.50. The van der Waals surface area contributed by atoms with Crippen LogP contribution in [0.25, 0.3) is 0 Å². The monoisotopic (exact) mass is 428 g/mol. The van der Waals surface area contributed by atoms with E-state index in [4.69, 9.17) is 0 Å². The summed E-state index contributed by atoms with van der Waals surface area (Å²) >= 11 is 5.44. The molecule has 1 N–H and O–H groups in total. The molecule has 3 aromatic rings. The number of H-pyrrole nitrogens is 1. The van der Waals surface area contributed by atoms with Crippen molar-refractivity contribution >= 4 is 33.6 Å². The highest BCUT2D eigenvalue weighted by Gasteiger charge is 2.27. The summed E-state index contributed by atoms with van der Waals surface area (Å²) in [5, 5.41) is 0. The van der Waals surface area contributed by atoms with Crippen LogP contribution in [0.15, 0.2) is 70.4 Å². The van der Waals surface area contributed by atoms with Crippen molar-refractivity contribution in [3.63, 3.8) is 0 Å². The van der Waals surface area contributed by atoms with Gasteiger partial charge in [0.1, 0.15) is 0 Å². The average Bonchev–Trinajstić information content (AvgIpc) is 3.10. The molecule has 26 heavy (non-hydrogen) atoms. The van der Waals surface area contributed by atoms with Gasteiger partial charge in [-0.3, -0.25) is 0 Å². The molecule has 2 heterocycles. The van der Waals surface area contributed by atoms with Gasteiger partial charge in [-0.2, -0.15) is 0 Å². The minimum atomic E-state index is 0.410. The molecule has 0 amide bonds. The number of imidazole rings is 1. The molecule has 0 spiro atoms. The standard InChI is InChI=1S/C20H21BrN4S/c1-24-18(9-15-5-3-2-4-6-15)13-25(12-17-11-22-14-23-17)19-8-7-16(21)10-20(19)26-24/h2-8,10-11,14,18H,9,12-13H2,1H3,(H,22,23). The van der Waals surface area contributed by atoms with Crippen molar-refractivity contribution < 1.29 is 0 Å². The van der Waals surface area contributed by atoms with Crippen molar-refractivity contribution in [1.29, 1.82) is 0 Å². The van der Waals surface area contributed by atoms with Crippen molar-refractivity contribution in [2.45, 2.75) is 23.9 Å². The van der Waals surface area contributed by atoms with Gasteiger partial charge in [0.25, 0.3) is 0 Å². The van der Waals surface area contributed by atoms with Crippen LogP contribution in [0.1, 0.15) is 11.3 Å². The summed E-state index contributed by atoms with van der Waals surface area (Å²) in [7, 11) is 2.20. The van der Waals surface area contributed by atoms with Crippen LogP contribution in [-0.4, -0.2) is 33.9 Å². The lowest BCUT2D eigenvalue weighted by atomic mass is 10.1. The number of nitrogens with one attached hydrogen (secondary N) is 1. The second-order valence-corrected chi connectivity index (χ2v) is 8.65. The number of nitrogens with zero attached hydrogens (tertiary/aromatic N) is 3. The summed E-state index contributed by atoms with van der Waals surface area (Å²) in [4.78, 5) is 11.2. The van der Waals surface area contributed by atoms with E-state index >= 15 is 0 Å². The Bertz CT molecular complexity index is 854. The number of aromatic amines is 1. The van der Waals surface area contributed by atoms with Gasteiger partial charge in [-0.05, 0) is 49.2 Å². The van der Waals surface area contributed by atoms with Gasteiger partial charge >= 0.3 is 0 Å². The van der Waals surface area contributed by atoms with E-state index in [1.807, 2.05) is 18.1 Å². The lowest BCUT2D eigenvalue weighted by molar-refractivity contribution is 0.404. The first-order chi connectivity index (χ1) is 12.7. The fourth-order valence-corrected chi connectivity index (χ4v) is 4.91. The number of hydrogen-bond acceptors (Lipinski definition) is 4. The summed E-state index contributed by atoms with van der Waals surface area (Å²) in [6, 6.07) is 17.7. The second kappa shape index (κ2) is 7.86. The average molecular weight is 429 g/mol. The topological polar surface area (TPSA) is 35.2 Å². The van der Waals surface area contributed by atoms with Crippen LogP contribution in [0.5, 0.6) is 0 Å². The molecule has 0 saturated heterocycles. The second-order valence-electron chi connectivity index (χ2n) is 6.53. The number of aromatic nitrogens is 2. The Morgan fingerprint density at radius 3 is 2.85 bits per heavy atom. The van der Waals surface area contributed by atoms with Gasteiger partial charge in [0.2, 0.25) is 0 Å². The highest BCUT2D eigenvalue weighted by Crippen LogP contribution is 2.39. The van der Waals surface area contributed by atoms with Crippen LogP contribution in [0, 0.1) is 0 Å². The smallest absolute Gasteiger partial charge is 0.0923 e. The normalized spacial score (nSPS) is 17.8. The van der Waals surface area contributed by atoms with E-state index < -0.39 is 0 Å². The maximum atomic E-state index is 4.43. The zero-order valence-corrected chi connectivity index (χ0v) is 17.0. The largest absolute Gasteiger partial charge is 0.363 e. The molecule has 0 saturated carbocycles. The summed E-state index contributed by atoms with van der Waals surface area (Å²) in [5.74, 6) is 0. The minimum absolute atomic E-state index is 0.410. The van der Waals surface area contributed by atoms with E-state index in [-0.39, 0.29) is 0 Å². The van der Waals surface area contributed by atoms with Gasteiger partial charge in [-0.15, -0.1) is 0 Å². The number of rotatable bonds is 4. The molecule has 1 unspecified atom stereocenters. The molecular weight excluding hydrogens is 408 g/mol. The number of anilines is 1. The first kappa shape index (κ1) is 17.6. The zero-order valence-electron chi connectivity index (χ0n) is 14.6. The molecule has 134 valence electrons. The predicted molar refractivity (Wildman–Crippen MR) is 111 cm³/mol. The van der Waals surface area contributed by atoms with Crippen LogP contribution in [0.4, 0.5) is 5.69 Å². The van der Waals surface area contributed by atoms with Crippen molar-refractivity contribution in [3.8, 4) is 0 Å². The molecule has 0 aliphatic carbocycles. The van der Waals surface area contributed by atoms with E-state index in [1.54, 1.807) is 6.33 Å². The van der Waals surface area contributed by atoms with E-state index in [0.29, 0.717) is 6.04 Å². The number of halogens is 1. The first-order valence-corrected chi connectivity index (χ1v) is 10.2. The molecule has 1 aromatic heterocycles. The third kappa shape index (κ3) is 3.98. The van der Waals surface area contributed by atoms with Crippen molar-refractivity contribution in [3.05, 3.63) is 76.8 Å². The molecule has 6 heteroatoms. The maximum Gasteiger partial charge on any atom is 0.0923 e. The lowest BCUT2D eigenvalue weighted by Gasteiger charge is -2.29. The highest BCUT2D eigenvalue weighted by atomic mass is 79.9. The first-order valence-electron chi connectivity index (χ1n) is 8.66. The molecule has 4 nitrogen and oxygen atoms in total. The summed E-state index contributed by atoms with van der Waals surface area (Å²) in [5.41, 5.74) is 3.70. The van der Waals surface area contributed by atoms with Gasteiger partial charge in [0, 0.05) is 28.2 Å². The van der Waals surface area contributed by atoms with Crippen LogP contribution >= 0.6 is 27.9 Å². The fraction of sp³-hybridized carbons (Fsp3) is 0.250. The molecule has 0 fully saturated rings. The van der Waals surface area contributed by atoms with Gasteiger partial charge in [-0.25, -0.2) is 9.29 Å². The Labute approximate surface area is 166 Å². The number of likely N-dealkylation sites (N-methyl/N-ethyl adjacent to an activating group) is 1. The quantitative estimate of drug-likeness (QED) is 0.608. The third-order valence-corrected chi connectivity index (χ3v) is 6.28. The molecular formula is C20H21BrN4S. The lowest BCUT2D eigenvalue weighted by Crippen LogP contribution is -2.39. The molecule has 1 aliphatic heterocycles. The van der Waals surface area contributed by atoms with Gasteiger partial charge in [0.05, 0.1) is 24.3 Å². The molecule has 2 aromatic carbocycles. The Kier molecular flexibility index (Phi) is 5.33. The van der Waals surface area contributed by atoms with Crippen LogP contribution < -0.4 is 4.90 Å². The van der Waals surface area contributed by atoms with Gasteiger partial charge in [-0.1, -0.05) is 46.3 Å². The van der Waals surface area contributed by atoms with Gasteiger partial charge in [0.15, 0.2) is 0 Å². The van der Waals surface area contributed by atoms with Crippen LogP contribution in [0.2, 0.25) is 0 Å². The fourth-order valence-electron chi connectivity index (χ4n) is 3.32. The Balaban J connectivity index is 1.65. The zero-order chi connectivity index (χ0) is 17.9. The van der Waals surface area contributed by atoms with E-state index in [0.717, 1.165) is 29.7 Å². The van der Waals surface area contributed by atoms with E-state index in [9.17, 15) is 0 Å². The van der Waals surface area contributed by atoms with E-state index in [2.05, 4.69) is 90.7 Å². The maximum absolute atomic E-state index is 4.43. The van der Waals surface area contributed by atoms with Crippen LogP contribution in [0.3, 0.4) is 0 Å². The number of benzene rings is 2. The minimum Gasteiger partial charge on any atom is -0.363 e. The SMILES string of the molecule is CN1Sc2cc(Br)ccc2N(Cc2c[nH]cn2)CC1Cc1ccccc1.